The Hall–Kier alpha value is -1.37. The first-order chi connectivity index (χ1) is 9.66. The van der Waals surface area contributed by atoms with Gasteiger partial charge < -0.3 is 5.32 Å². The highest BCUT2D eigenvalue weighted by molar-refractivity contribution is 6.21. The maximum atomic E-state index is 13.4. The first kappa shape index (κ1) is 17.7. The molecule has 1 atom stereocenters. The maximum Gasteiger partial charge on any atom is 0.257 e. The van der Waals surface area contributed by atoms with Crippen LogP contribution in [0.3, 0.4) is 0 Å². The van der Waals surface area contributed by atoms with E-state index in [1.165, 1.54) is 0 Å². The van der Waals surface area contributed by atoms with Gasteiger partial charge in [-0.1, -0.05) is 13.8 Å². The average Bonchev–Trinajstić information content (AvgIpc) is 2.40. The average molecular weight is 330 g/mol. The standard InChI is InChI=1S/C13H13ClF5NO/c1-5(2)3-6(14)4-20-13(21)7-8(15)10(17)12(19)11(18)9(7)16/h5-6H,3-4H2,1-2H3,(H,20,21). The lowest BCUT2D eigenvalue weighted by molar-refractivity contribution is 0.0941. The van der Waals surface area contributed by atoms with E-state index in [0.29, 0.717) is 6.42 Å². The molecule has 0 aliphatic heterocycles. The quantitative estimate of drug-likeness (QED) is 0.379. The minimum atomic E-state index is -2.31. The van der Waals surface area contributed by atoms with Crippen LogP contribution < -0.4 is 5.32 Å². The number of nitrogens with one attached hydrogen (secondary N) is 1. The van der Waals surface area contributed by atoms with Crippen molar-refractivity contribution >= 4 is 17.5 Å². The highest BCUT2D eigenvalue weighted by Crippen LogP contribution is 2.23. The van der Waals surface area contributed by atoms with Gasteiger partial charge in [-0.25, -0.2) is 22.0 Å². The summed E-state index contributed by atoms with van der Waals surface area (Å²) in [5.74, 6) is -12.2. The summed E-state index contributed by atoms with van der Waals surface area (Å²) in [5, 5.41) is 1.53. The van der Waals surface area contributed by atoms with Crippen LogP contribution in [0.2, 0.25) is 0 Å². The van der Waals surface area contributed by atoms with Crippen LogP contribution in [0, 0.1) is 35.0 Å². The zero-order valence-electron chi connectivity index (χ0n) is 11.2. The van der Waals surface area contributed by atoms with Crippen molar-refractivity contribution in [2.45, 2.75) is 25.6 Å². The molecule has 8 heteroatoms. The number of amides is 1. The highest BCUT2D eigenvalue weighted by Gasteiger charge is 2.29. The monoisotopic (exact) mass is 329 g/mol. The predicted molar refractivity (Wildman–Crippen MR) is 67.7 cm³/mol. The van der Waals surface area contributed by atoms with E-state index < -0.39 is 45.9 Å². The SMILES string of the molecule is CC(C)CC(Cl)CNC(=O)c1c(F)c(F)c(F)c(F)c1F. The van der Waals surface area contributed by atoms with E-state index in [-0.39, 0.29) is 12.5 Å². The molecule has 1 rings (SSSR count). The van der Waals surface area contributed by atoms with Crippen LogP contribution in [0.5, 0.6) is 0 Å². The van der Waals surface area contributed by atoms with Crippen LogP contribution in [0.4, 0.5) is 22.0 Å². The Morgan fingerprint density at radius 3 is 1.86 bits per heavy atom. The Morgan fingerprint density at radius 2 is 1.43 bits per heavy atom. The first-order valence-electron chi connectivity index (χ1n) is 6.10. The molecule has 0 aliphatic rings. The summed E-state index contributed by atoms with van der Waals surface area (Å²) in [6.45, 7) is 3.60. The second-order valence-electron chi connectivity index (χ2n) is 4.88. The van der Waals surface area contributed by atoms with Crippen molar-refractivity contribution in [3.63, 3.8) is 0 Å². The van der Waals surface area contributed by atoms with Crippen molar-refractivity contribution in [2.75, 3.05) is 6.54 Å². The summed E-state index contributed by atoms with van der Waals surface area (Å²) in [6, 6.07) is 0. The summed E-state index contributed by atoms with van der Waals surface area (Å²) >= 11 is 5.86. The molecule has 0 fully saturated rings. The van der Waals surface area contributed by atoms with Crippen LogP contribution >= 0.6 is 11.6 Å². The van der Waals surface area contributed by atoms with Crippen LogP contribution in [0.15, 0.2) is 0 Å². The zero-order chi connectivity index (χ0) is 16.3. The van der Waals surface area contributed by atoms with Crippen molar-refractivity contribution in [3.05, 3.63) is 34.6 Å². The predicted octanol–water partition coefficient (Wildman–Crippen LogP) is 3.77. The summed E-state index contributed by atoms with van der Waals surface area (Å²) in [6.07, 6.45) is 0.513. The third-order valence-corrected chi connectivity index (χ3v) is 2.98. The van der Waals surface area contributed by atoms with Gasteiger partial charge in [0.15, 0.2) is 23.3 Å². The van der Waals surface area contributed by atoms with Gasteiger partial charge in [0.2, 0.25) is 5.82 Å². The number of rotatable bonds is 5. The molecule has 2 nitrogen and oxygen atoms in total. The number of hydrogen-bond acceptors (Lipinski definition) is 1. The van der Waals surface area contributed by atoms with Crippen molar-refractivity contribution in [3.8, 4) is 0 Å². The highest BCUT2D eigenvalue weighted by atomic mass is 35.5. The molecule has 118 valence electrons. The fourth-order valence-electron chi connectivity index (χ4n) is 1.69. The maximum absolute atomic E-state index is 13.4. The van der Waals surface area contributed by atoms with E-state index in [2.05, 4.69) is 5.32 Å². The van der Waals surface area contributed by atoms with Gasteiger partial charge in [0.1, 0.15) is 5.56 Å². The molecular weight excluding hydrogens is 317 g/mol. The van der Waals surface area contributed by atoms with Gasteiger partial charge in [0, 0.05) is 6.54 Å². The number of hydrogen-bond donors (Lipinski definition) is 1. The van der Waals surface area contributed by atoms with Gasteiger partial charge in [0.25, 0.3) is 5.91 Å². The first-order valence-corrected chi connectivity index (χ1v) is 6.54. The van der Waals surface area contributed by atoms with Gasteiger partial charge in [0.05, 0.1) is 5.38 Å². The molecule has 1 amide bonds. The third kappa shape index (κ3) is 4.06. The minimum absolute atomic E-state index is 0.155. The van der Waals surface area contributed by atoms with Crippen molar-refractivity contribution < 1.29 is 26.7 Å². The number of alkyl halides is 1. The van der Waals surface area contributed by atoms with Crippen molar-refractivity contribution in [1.82, 2.24) is 5.32 Å². The molecule has 1 aromatic carbocycles. The van der Waals surface area contributed by atoms with Gasteiger partial charge >= 0.3 is 0 Å². The van der Waals surface area contributed by atoms with Crippen LogP contribution in [-0.4, -0.2) is 17.8 Å². The van der Waals surface area contributed by atoms with E-state index in [1.54, 1.807) is 0 Å². The summed E-state index contributed by atoms with van der Waals surface area (Å²) < 4.78 is 65.5. The Balaban J connectivity index is 2.94. The molecule has 1 N–H and O–H groups in total. The Morgan fingerprint density at radius 1 is 1.00 bits per heavy atom. The molecule has 0 bridgehead atoms. The van der Waals surface area contributed by atoms with E-state index in [4.69, 9.17) is 11.6 Å². The Labute approximate surface area is 123 Å². The lowest BCUT2D eigenvalue weighted by Crippen LogP contribution is -2.32. The number of carbonyl (C=O) groups is 1. The molecule has 0 spiro atoms. The molecule has 1 unspecified atom stereocenters. The normalized spacial score (nSPS) is 12.6. The molecule has 0 saturated heterocycles. The molecule has 1 aromatic rings. The van der Waals surface area contributed by atoms with Crippen LogP contribution in [0.25, 0.3) is 0 Å². The molecular formula is C13H13ClF5NO. The van der Waals surface area contributed by atoms with Crippen molar-refractivity contribution in [2.24, 2.45) is 5.92 Å². The number of benzene rings is 1. The van der Waals surface area contributed by atoms with E-state index >= 15 is 0 Å². The summed E-state index contributed by atoms with van der Waals surface area (Å²) in [4.78, 5) is 11.6. The molecule has 0 saturated carbocycles. The second kappa shape index (κ2) is 7.06. The van der Waals surface area contributed by atoms with E-state index in [0.717, 1.165) is 0 Å². The van der Waals surface area contributed by atoms with Gasteiger partial charge in [-0.05, 0) is 12.3 Å². The van der Waals surface area contributed by atoms with E-state index in [9.17, 15) is 26.7 Å². The minimum Gasteiger partial charge on any atom is -0.350 e. The molecule has 0 heterocycles. The number of halogens is 6. The second-order valence-corrected chi connectivity index (χ2v) is 5.50. The van der Waals surface area contributed by atoms with Crippen LogP contribution in [-0.2, 0) is 0 Å². The zero-order valence-corrected chi connectivity index (χ0v) is 12.0. The lowest BCUT2D eigenvalue weighted by atomic mass is 10.1. The van der Waals surface area contributed by atoms with Gasteiger partial charge in [-0.2, -0.15) is 0 Å². The smallest absolute Gasteiger partial charge is 0.257 e. The van der Waals surface area contributed by atoms with Crippen LogP contribution in [0.1, 0.15) is 30.6 Å². The van der Waals surface area contributed by atoms with Gasteiger partial charge in [-0.3, -0.25) is 4.79 Å². The Bertz CT molecular complexity index is 521. The third-order valence-electron chi connectivity index (χ3n) is 2.65. The topological polar surface area (TPSA) is 29.1 Å². The molecule has 0 aromatic heterocycles. The molecule has 0 radical (unpaired) electrons. The van der Waals surface area contributed by atoms with Gasteiger partial charge in [-0.15, -0.1) is 11.6 Å². The fourth-order valence-corrected chi connectivity index (χ4v) is 2.12. The lowest BCUT2D eigenvalue weighted by Gasteiger charge is -2.14. The summed E-state index contributed by atoms with van der Waals surface area (Å²) in [5.41, 5.74) is -1.51. The molecule has 21 heavy (non-hydrogen) atoms. The number of carbonyl (C=O) groups excluding carboxylic acids is 1. The summed E-state index contributed by atoms with van der Waals surface area (Å²) in [7, 11) is 0. The Kier molecular flexibility index (Phi) is 5.95. The molecule has 0 aliphatic carbocycles. The van der Waals surface area contributed by atoms with Crippen molar-refractivity contribution in [1.29, 1.82) is 0 Å². The largest absolute Gasteiger partial charge is 0.350 e. The van der Waals surface area contributed by atoms with E-state index in [1.807, 2.05) is 13.8 Å². The fraction of sp³-hybridized carbons (Fsp3) is 0.462.